The van der Waals surface area contributed by atoms with Crippen molar-refractivity contribution in [3.05, 3.63) is 23.4 Å². The molecule has 0 amide bonds. The van der Waals surface area contributed by atoms with Gasteiger partial charge in [-0.05, 0) is 31.9 Å². The van der Waals surface area contributed by atoms with E-state index in [0.717, 1.165) is 36.6 Å². The molecular formula is C15H18F3N5O2S. The Balaban J connectivity index is 2.06. The van der Waals surface area contributed by atoms with Crippen LogP contribution in [0.15, 0.2) is 17.2 Å². The SMILES string of the molecule is Cc1c(C(F)(F)F)nn(-c2ccc(S(C)(=O)=O)nn2)c1NC1CCCC1. The largest absolute Gasteiger partial charge is 0.435 e. The molecule has 142 valence electrons. The zero-order valence-electron chi connectivity index (χ0n) is 14.2. The molecule has 11 heteroatoms. The lowest BCUT2D eigenvalue weighted by molar-refractivity contribution is -0.141. The van der Waals surface area contributed by atoms with Gasteiger partial charge in [0.15, 0.2) is 26.4 Å². The fourth-order valence-corrected chi connectivity index (χ4v) is 3.49. The number of rotatable bonds is 4. The highest BCUT2D eigenvalue weighted by Gasteiger charge is 2.38. The molecule has 26 heavy (non-hydrogen) atoms. The van der Waals surface area contributed by atoms with Gasteiger partial charge in [0.2, 0.25) is 0 Å². The third-order valence-electron chi connectivity index (χ3n) is 4.31. The van der Waals surface area contributed by atoms with Gasteiger partial charge >= 0.3 is 6.18 Å². The molecule has 1 fully saturated rings. The van der Waals surface area contributed by atoms with Gasteiger partial charge in [0.1, 0.15) is 5.82 Å². The van der Waals surface area contributed by atoms with Gasteiger partial charge in [-0.2, -0.15) is 23.0 Å². The number of hydrogen-bond acceptors (Lipinski definition) is 6. The predicted octanol–water partition coefficient (Wildman–Crippen LogP) is 2.75. The van der Waals surface area contributed by atoms with Crippen LogP contribution in [0.2, 0.25) is 0 Å². The first-order chi connectivity index (χ1) is 12.1. The standard InChI is InChI=1S/C15H18F3N5O2S/c1-9-13(15(16,17)18)22-23(14(9)19-10-5-3-4-6-10)11-7-8-12(21-20-11)26(2,24)25/h7-8,10,19H,3-6H2,1-2H3. The zero-order valence-corrected chi connectivity index (χ0v) is 15.0. The fraction of sp³-hybridized carbons (Fsp3) is 0.533. The molecule has 0 aliphatic heterocycles. The number of halogens is 3. The van der Waals surface area contributed by atoms with E-state index in [4.69, 9.17) is 0 Å². The molecule has 0 aromatic carbocycles. The topological polar surface area (TPSA) is 89.8 Å². The van der Waals surface area contributed by atoms with Crippen molar-refractivity contribution in [2.75, 3.05) is 11.6 Å². The molecule has 0 unspecified atom stereocenters. The Morgan fingerprint density at radius 1 is 1.19 bits per heavy atom. The summed E-state index contributed by atoms with van der Waals surface area (Å²) in [5.74, 6) is 0.210. The highest BCUT2D eigenvalue weighted by Crippen LogP contribution is 2.36. The van der Waals surface area contributed by atoms with Gasteiger partial charge in [-0.15, -0.1) is 10.2 Å². The Morgan fingerprint density at radius 3 is 2.35 bits per heavy atom. The summed E-state index contributed by atoms with van der Waals surface area (Å²) >= 11 is 0. The van der Waals surface area contributed by atoms with Gasteiger partial charge in [0, 0.05) is 17.9 Å². The van der Waals surface area contributed by atoms with Crippen molar-refractivity contribution in [1.82, 2.24) is 20.0 Å². The summed E-state index contributed by atoms with van der Waals surface area (Å²) in [7, 11) is -3.56. The minimum absolute atomic E-state index is 0.0106. The Labute approximate surface area is 148 Å². The van der Waals surface area contributed by atoms with Crippen LogP contribution in [0.5, 0.6) is 0 Å². The summed E-state index contributed by atoms with van der Waals surface area (Å²) in [5, 5.41) is 13.9. The van der Waals surface area contributed by atoms with E-state index < -0.39 is 21.7 Å². The van der Waals surface area contributed by atoms with Crippen molar-refractivity contribution in [3.8, 4) is 5.82 Å². The molecule has 0 bridgehead atoms. The van der Waals surface area contributed by atoms with Crippen molar-refractivity contribution in [2.45, 2.75) is 49.9 Å². The van der Waals surface area contributed by atoms with Crippen LogP contribution in [0, 0.1) is 6.92 Å². The first-order valence-electron chi connectivity index (χ1n) is 8.05. The third kappa shape index (κ3) is 3.67. The number of alkyl halides is 3. The van der Waals surface area contributed by atoms with Gasteiger partial charge in [0.05, 0.1) is 0 Å². The average Bonchev–Trinajstić information content (AvgIpc) is 3.16. The van der Waals surface area contributed by atoms with Gasteiger partial charge in [-0.1, -0.05) is 12.8 Å². The highest BCUT2D eigenvalue weighted by molar-refractivity contribution is 7.90. The average molecular weight is 389 g/mol. The van der Waals surface area contributed by atoms with Gasteiger partial charge < -0.3 is 5.32 Å². The molecule has 3 rings (SSSR count). The smallest absolute Gasteiger partial charge is 0.367 e. The molecular weight excluding hydrogens is 371 g/mol. The molecule has 7 nitrogen and oxygen atoms in total. The van der Waals surface area contributed by atoms with Gasteiger partial charge in [0.25, 0.3) is 0 Å². The Kier molecular flexibility index (Phi) is 4.67. The summed E-state index contributed by atoms with van der Waals surface area (Å²) in [6.07, 6.45) is 0.125. The Morgan fingerprint density at radius 2 is 1.85 bits per heavy atom. The van der Waals surface area contributed by atoms with E-state index in [9.17, 15) is 21.6 Å². The minimum atomic E-state index is -4.61. The first kappa shape index (κ1) is 18.6. The lowest BCUT2D eigenvalue weighted by Crippen LogP contribution is -2.18. The minimum Gasteiger partial charge on any atom is -0.367 e. The number of anilines is 1. The van der Waals surface area contributed by atoms with Crippen molar-refractivity contribution in [1.29, 1.82) is 0 Å². The van der Waals surface area contributed by atoms with E-state index in [-0.39, 0.29) is 28.3 Å². The molecule has 0 atom stereocenters. The Hall–Kier alpha value is -2.17. The number of nitrogens with one attached hydrogen (secondary N) is 1. The van der Waals surface area contributed by atoms with Gasteiger partial charge in [-0.25, -0.2) is 8.42 Å². The Bertz CT molecular complexity index is 901. The van der Waals surface area contributed by atoms with E-state index in [0.29, 0.717) is 0 Å². The number of hydrogen-bond donors (Lipinski definition) is 1. The van der Waals surface area contributed by atoms with E-state index in [1.54, 1.807) is 0 Å². The number of aromatic nitrogens is 4. The first-order valence-corrected chi connectivity index (χ1v) is 9.94. The van der Waals surface area contributed by atoms with E-state index in [1.807, 2.05) is 0 Å². The molecule has 1 aliphatic rings. The van der Waals surface area contributed by atoms with Crippen LogP contribution in [-0.2, 0) is 16.0 Å². The van der Waals surface area contributed by atoms with Crippen LogP contribution >= 0.6 is 0 Å². The molecule has 0 saturated heterocycles. The number of nitrogens with zero attached hydrogens (tertiary/aromatic N) is 4. The molecule has 0 radical (unpaired) electrons. The van der Waals surface area contributed by atoms with Crippen LogP contribution in [0.4, 0.5) is 19.0 Å². The predicted molar refractivity (Wildman–Crippen MR) is 87.9 cm³/mol. The van der Waals surface area contributed by atoms with E-state index in [2.05, 4.69) is 20.6 Å². The molecule has 2 heterocycles. The van der Waals surface area contributed by atoms with E-state index >= 15 is 0 Å². The second kappa shape index (κ2) is 6.53. The second-order valence-electron chi connectivity index (χ2n) is 6.36. The van der Waals surface area contributed by atoms with Crippen LogP contribution in [0.3, 0.4) is 0 Å². The van der Waals surface area contributed by atoms with Crippen LogP contribution in [-0.4, -0.2) is 40.7 Å². The van der Waals surface area contributed by atoms with E-state index in [1.165, 1.54) is 19.1 Å². The zero-order chi connectivity index (χ0) is 19.1. The lowest BCUT2D eigenvalue weighted by Gasteiger charge is -2.15. The summed E-state index contributed by atoms with van der Waals surface area (Å²) in [6, 6.07) is 2.55. The monoisotopic (exact) mass is 389 g/mol. The second-order valence-corrected chi connectivity index (χ2v) is 8.32. The summed E-state index contributed by atoms with van der Waals surface area (Å²) in [4.78, 5) is 0. The van der Waals surface area contributed by atoms with Crippen molar-refractivity contribution < 1.29 is 21.6 Å². The van der Waals surface area contributed by atoms with Crippen molar-refractivity contribution in [3.63, 3.8) is 0 Å². The van der Waals surface area contributed by atoms with Gasteiger partial charge in [-0.3, -0.25) is 0 Å². The fourth-order valence-electron chi connectivity index (χ4n) is 2.99. The van der Waals surface area contributed by atoms with Crippen LogP contribution < -0.4 is 5.32 Å². The molecule has 2 aromatic heterocycles. The van der Waals surface area contributed by atoms with Crippen molar-refractivity contribution in [2.24, 2.45) is 0 Å². The van der Waals surface area contributed by atoms with Crippen LogP contribution in [0.1, 0.15) is 36.9 Å². The highest BCUT2D eigenvalue weighted by atomic mass is 32.2. The quantitative estimate of drug-likeness (QED) is 0.865. The normalized spacial score (nSPS) is 16.2. The molecule has 2 aromatic rings. The maximum Gasteiger partial charge on any atom is 0.435 e. The summed E-state index contributed by atoms with van der Waals surface area (Å²) in [5.41, 5.74) is -1.04. The maximum absolute atomic E-state index is 13.3. The summed E-state index contributed by atoms with van der Waals surface area (Å²) < 4.78 is 63.8. The van der Waals surface area contributed by atoms with Crippen molar-refractivity contribution >= 4 is 15.7 Å². The summed E-state index contributed by atoms with van der Waals surface area (Å²) in [6.45, 7) is 1.35. The third-order valence-corrected chi connectivity index (χ3v) is 5.29. The molecule has 1 saturated carbocycles. The molecule has 0 spiro atoms. The molecule has 1 aliphatic carbocycles. The van der Waals surface area contributed by atoms with Crippen LogP contribution in [0.25, 0.3) is 5.82 Å². The lowest BCUT2D eigenvalue weighted by atomic mass is 10.2. The number of sulfone groups is 1. The molecule has 1 N–H and O–H groups in total. The maximum atomic E-state index is 13.3.